The molecular formula is C12H16Cl2N2O. The zero-order valence-electron chi connectivity index (χ0n) is 9.75. The first-order valence-electron chi connectivity index (χ1n) is 5.65. The summed E-state index contributed by atoms with van der Waals surface area (Å²) in [5.74, 6) is 0. The Balaban J connectivity index is 2.15. The smallest absolute Gasteiger partial charge is 0.0750 e. The summed E-state index contributed by atoms with van der Waals surface area (Å²) >= 11 is 12.3. The standard InChI is InChI=1S/C12H16Cl2N2O/c1-16(7-9-3-2-4-17-9)12-10(13)5-8(15)6-11(12)14/h5-6,9H,2-4,7,15H2,1H3. The molecule has 1 aromatic rings. The van der Waals surface area contributed by atoms with Gasteiger partial charge in [-0.2, -0.15) is 0 Å². The maximum atomic E-state index is 6.17. The summed E-state index contributed by atoms with van der Waals surface area (Å²) in [7, 11) is 1.96. The maximum absolute atomic E-state index is 6.17. The fourth-order valence-corrected chi connectivity index (χ4v) is 2.93. The van der Waals surface area contributed by atoms with Crippen molar-refractivity contribution in [3.63, 3.8) is 0 Å². The number of nitrogen functional groups attached to an aromatic ring is 1. The average molecular weight is 275 g/mol. The van der Waals surface area contributed by atoms with Crippen molar-refractivity contribution in [3.05, 3.63) is 22.2 Å². The third kappa shape index (κ3) is 2.97. The predicted molar refractivity (Wildman–Crippen MR) is 73.1 cm³/mol. The molecule has 1 heterocycles. The number of nitrogens with two attached hydrogens (primary N) is 1. The summed E-state index contributed by atoms with van der Waals surface area (Å²) < 4.78 is 5.60. The highest BCUT2D eigenvalue weighted by atomic mass is 35.5. The Morgan fingerprint density at radius 2 is 2.06 bits per heavy atom. The van der Waals surface area contributed by atoms with Crippen molar-refractivity contribution < 1.29 is 4.74 Å². The number of benzene rings is 1. The van der Waals surface area contributed by atoms with E-state index in [4.69, 9.17) is 33.7 Å². The van der Waals surface area contributed by atoms with Gasteiger partial charge in [-0.05, 0) is 25.0 Å². The fraction of sp³-hybridized carbons (Fsp3) is 0.500. The molecule has 17 heavy (non-hydrogen) atoms. The molecule has 1 aromatic carbocycles. The van der Waals surface area contributed by atoms with Crippen LogP contribution in [0.2, 0.25) is 10.0 Å². The third-order valence-electron chi connectivity index (χ3n) is 2.92. The molecule has 0 bridgehead atoms. The number of rotatable bonds is 3. The summed E-state index contributed by atoms with van der Waals surface area (Å²) in [6.07, 6.45) is 2.49. The van der Waals surface area contributed by atoms with Crippen molar-refractivity contribution in [3.8, 4) is 0 Å². The monoisotopic (exact) mass is 274 g/mol. The van der Waals surface area contributed by atoms with Crippen LogP contribution in [0.3, 0.4) is 0 Å². The van der Waals surface area contributed by atoms with Crippen LogP contribution in [0, 0.1) is 0 Å². The van der Waals surface area contributed by atoms with Gasteiger partial charge in [-0.25, -0.2) is 0 Å². The lowest BCUT2D eigenvalue weighted by atomic mass is 10.2. The van der Waals surface area contributed by atoms with Crippen molar-refractivity contribution >= 4 is 34.6 Å². The topological polar surface area (TPSA) is 38.5 Å². The first-order chi connectivity index (χ1) is 8.08. The summed E-state index contributed by atoms with van der Waals surface area (Å²) in [4.78, 5) is 2.03. The molecule has 94 valence electrons. The molecular weight excluding hydrogens is 259 g/mol. The zero-order chi connectivity index (χ0) is 12.4. The summed E-state index contributed by atoms with van der Waals surface area (Å²) in [5.41, 5.74) is 7.08. The fourth-order valence-electron chi connectivity index (χ4n) is 2.13. The van der Waals surface area contributed by atoms with Crippen LogP contribution in [-0.2, 0) is 4.74 Å². The van der Waals surface area contributed by atoms with E-state index in [1.807, 2.05) is 11.9 Å². The Morgan fingerprint density at radius 3 is 2.59 bits per heavy atom. The molecule has 1 unspecified atom stereocenters. The molecule has 0 aromatic heterocycles. The number of nitrogens with zero attached hydrogens (tertiary/aromatic N) is 1. The van der Waals surface area contributed by atoms with Crippen LogP contribution in [0.5, 0.6) is 0 Å². The van der Waals surface area contributed by atoms with E-state index < -0.39 is 0 Å². The van der Waals surface area contributed by atoms with E-state index in [1.165, 1.54) is 0 Å². The number of likely N-dealkylation sites (N-methyl/N-ethyl adjacent to an activating group) is 1. The highest BCUT2D eigenvalue weighted by Crippen LogP contribution is 2.35. The molecule has 1 aliphatic heterocycles. The first-order valence-corrected chi connectivity index (χ1v) is 6.41. The van der Waals surface area contributed by atoms with E-state index >= 15 is 0 Å². The summed E-state index contributed by atoms with van der Waals surface area (Å²) in [6.45, 7) is 1.64. The van der Waals surface area contributed by atoms with E-state index in [0.717, 1.165) is 31.7 Å². The van der Waals surface area contributed by atoms with Gasteiger partial charge in [-0.1, -0.05) is 23.2 Å². The van der Waals surface area contributed by atoms with Gasteiger partial charge in [-0.15, -0.1) is 0 Å². The number of halogens is 2. The number of anilines is 2. The molecule has 1 aliphatic rings. The van der Waals surface area contributed by atoms with Crippen molar-refractivity contribution in [2.24, 2.45) is 0 Å². The van der Waals surface area contributed by atoms with Crippen LogP contribution in [0.25, 0.3) is 0 Å². The summed E-state index contributed by atoms with van der Waals surface area (Å²) in [6, 6.07) is 3.43. The quantitative estimate of drug-likeness (QED) is 0.861. The van der Waals surface area contributed by atoms with Gasteiger partial charge >= 0.3 is 0 Å². The van der Waals surface area contributed by atoms with Crippen LogP contribution in [0.4, 0.5) is 11.4 Å². The van der Waals surface area contributed by atoms with E-state index in [1.54, 1.807) is 12.1 Å². The molecule has 3 nitrogen and oxygen atoms in total. The molecule has 5 heteroatoms. The zero-order valence-corrected chi connectivity index (χ0v) is 11.3. The largest absolute Gasteiger partial charge is 0.399 e. The van der Waals surface area contributed by atoms with Gasteiger partial charge in [0.2, 0.25) is 0 Å². The highest BCUT2D eigenvalue weighted by molar-refractivity contribution is 6.39. The minimum Gasteiger partial charge on any atom is -0.399 e. The Labute approximate surface area is 111 Å². The maximum Gasteiger partial charge on any atom is 0.0750 e. The van der Waals surface area contributed by atoms with Crippen LogP contribution in [0.1, 0.15) is 12.8 Å². The molecule has 2 rings (SSSR count). The van der Waals surface area contributed by atoms with Crippen molar-refractivity contribution in [1.82, 2.24) is 0 Å². The Bertz CT molecular complexity index is 382. The van der Waals surface area contributed by atoms with Gasteiger partial charge in [0.05, 0.1) is 21.8 Å². The van der Waals surface area contributed by atoms with E-state index in [-0.39, 0.29) is 6.10 Å². The number of hydrogen-bond donors (Lipinski definition) is 1. The molecule has 0 radical (unpaired) electrons. The van der Waals surface area contributed by atoms with Gasteiger partial charge in [0, 0.05) is 25.9 Å². The van der Waals surface area contributed by atoms with Crippen molar-refractivity contribution in [2.45, 2.75) is 18.9 Å². The SMILES string of the molecule is CN(CC1CCCO1)c1c(Cl)cc(N)cc1Cl. The van der Waals surface area contributed by atoms with Crippen LogP contribution >= 0.6 is 23.2 Å². The number of hydrogen-bond acceptors (Lipinski definition) is 3. The highest BCUT2D eigenvalue weighted by Gasteiger charge is 2.20. The third-order valence-corrected chi connectivity index (χ3v) is 3.50. The van der Waals surface area contributed by atoms with Crippen LogP contribution in [0.15, 0.2) is 12.1 Å². The van der Waals surface area contributed by atoms with E-state index in [2.05, 4.69) is 0 Å². The van der Waals surface area contributed by atoms with Gasteiger partial charge in [0.25, 0.3) is 0 Å². The Kier molecular flexibility index (Phi) is 4.02. The normalized spacial score (nSPS) is 19.6. The van der Waals surface area contributed by atoms with E-state index in [9.17, 15) is 0 Å². The second-order valence-corrected chi connectivity index (χ2v) is 5.16. The Hall–Kier alpha value is -0.640. The second kappa shape index (κ2) is 5.34. The van der Waals surface area contributed by atoms with Gasteiger partial charge < -0.3 is 15.4 Å². The molecule has 1 fully saturated rings. The van der Waals surface area contributed by atoms with Gasteiger partial charge in [0.1, 0.15) is 0 Å². The predicted octanol–water partition coefficient (Wildman–Crippen LogP) is 3.19. The number of ether oxygens (including phenoxy) is 1. The lowest BCUT2D eigenvalue weighted by Crippen LogP contribution is -2.28. The van der Waals surface area contributed by atoms with Gasteiger partial charge in [-0.3, -0.25) is 0 Å². The lowest BCUT2D eigenvalue weighted by Gasteiger charge is -2.25. The first kappa shape index (κ1) is 12.8. The van der Waals surface area contributed by atoms with E-state index in [0.29, 0.717) is 15.7 Å². The molecule has 0 saturated carbocycles. The molecule has 0 aliphatic carbocycles. The van der Waals surface area contributed by atoms with Crippen LogP contribution < -0.4 is 10.6 Å². The van der Waals surface area contributed by atoms with Crippen molar-refractivity contribution in [2.75, 3.05) is 30.8 Å². The lowest BCUT2D eigenvalue weighted by molar-refractivity contribution is 0.116. The Morgan fingerprint density at radius 1 is 1.41 bits per heavy atom. The molecule has 0 spiro atoms. The van der Waals surface area contributed by atoms with Crippen LogP contribution in [-0.4, -0.2) is 26.3 Å². The van der Waals surface area contributed by atoms with Gasteiger partial charge in [0.15, 0.2) is 0 Å². The molecule has 1 atom stereocenters. The minimum atomic E-state index is 0.268. The summed E-state index contributed by atoms with van der Waals surface area (Å²) in [5, 5.41) is 1.16. The molecule has 0 amide bonds. The second-order valence-electron chi connectivity index (χ2n) is 4.35. The average Bonchev–Trinajstić information content (AvgIpc) is 2.68. The molecule has 1 saturated heterocycles. The van der Waals surface area contributed by atoms with Crippen molar-refractivity contribution in [1.29, 1.82) is 0 Å². The molecule has 2 N–H and O–H groups in total. The minimum absolute atomic E-state index is 0.268.